The monoisotopic (exact) mass is 401 g/mol. The lowest BCUT2D eigenvalue weighted by atomic mass is 10.2. The highest BCUT2D eigenvalue weighted by molar-refractivity contribution is 8.01. The van der Waals surface area contributed by atoms with Gasteiger partial charge < -0.3 is 19.9 Å². The van der Waals surface area contributed by atoms with Gasteiger partial charge in [0.1, 0.15) is 17.2 Å². The van der Waals surface area contributed by atoms with Crippen molar-refractivity contribution >= 4 is 35.5 Å². The van der Waals surface area contributed by atoms with E-state index in [1.807, 2.05) is 24.3 Å². The maximum atomic E-state index is 12.2. The number of anilines is 1. The van der Waals surface area contributed by atoms with E-state index in [-0.39, 0.29) is 18.1 Å². The molecule has 1 aliphatic heterocycles. The number of amides is 2. The fourth-order valence-electron chi connectivity index (χ4n) is 2.61. The lowest BCUT2D eigenvalue weighted by molar-refractivity contribution is -0.124. The number of methoxy groups -OCH3 is 2. The summed E-state index contributed by atoms with van der Waals surface area (Å²) >= 11 is 1.34. The first-order valence-corrected chi connectivity index (χ1v) is 9.23. The largest absolute Gasteiger partial charge is 0.507 e. The molecule has 2 amide bonds. The molecular formula is C19H19N3O5S. The van der Waals surface area contributed by atoms with Gasteiger partial charge >= 0.3 is 0 Å². The second-order valence-corrected chi connectivity index (χ2v) is 7.10. The SMILES string of the molecule is COc1cc(O)c(/C=N/NC(=O)CC2Sc3ccccc3NC2=O)c(OC)c1. The van der Waals surface area contributed by atoms with Crippen LogP contribution in [0.4, 0.5) is 5.69 Å². The van der Waals surface area contributed by atoms with Crippen LogP contribution >= 0.6 is 11.8 Å². The molecule has 1 heterocycles. The molecule has 1 unspecified atom stereocenters. The van der Waals surface area contributed by atoms with Crippen molar-refractivity contribution in [3.05, 3.63) is 42.0 Å². The number of benzene rings is 2. The molecule has 2 aromatic carbocycles. The Bertz CT molecular complexity index is 932. The number of carbonyl (C=O) groups excluding carboxylic acids is 2. The van der Waals surface area contributed by atoms with E-state index < -0.39 is 11.2 Å². The van der Waals surface area contributed by atoms with E-state index in [2.05, 4.69) is 15.8 Å². The second-order valence-electron chi connectivity index (χ2n) is 5.85. The molecule has 1 aliphatic rings. The van der Waals surface area contributed by atoms with Crippen LogP contribution < -0.4 is 20.2 Å². The molecular weight excluding hydrogens is 382 g/mol. The van der Waals surface area contributed by atoms with Crippen LogP contribution in [-0.2, 0) is 9.59 Å². The molecule has 0 saturated carbocycles. The van der Waals surface area contributed by atoms with Crippen LogP contribution in [0.15, 0.2) is 46.4 Å². The zero-order valence-corrected chi connectivity index (χ0v) is 16.1. The topological polar surface area (TPSA) is 109 Å². The summed E-state index contributed by atoms with van der Waals surface area (Å²) in [5.41, 5.74) is 3.41. The number of para-hydroxylation sites is 1. The average Bonchev–Trinajstić information content (AvgIpc) is 2.69. The number of hydrogen-bond acceptors (Lipinski definition) is 7. The Morgan fingerprint density at radius 1 is 1.32 bits per heavy atom. The number of hydrogen-bond donors (Lipinski definition) is 3. The lowest BCUT2D eigenvalue weighted by Crippen LogP contribution is -2.33. The fraction of sp³-hybridized carbons (Fsp3) is 0.211. The Hall–Kier alpha value is -3.20. The Morgan fingerprint density at radius 3 is 2.86 bits per heavy atom. The van der Waals surface area contributed by atoms with Crippen molar-refractivity contribution in [3.8, 4) is 17.2 Å². The van der Waals surface area contributed by atoms with Crippen LogP contribution in [0.5, 0.6) is 17.2 Å². The number of hydrazone groups is 1. The van der Waals surface area contributed by atoms with Gasteiger partial charge in [0.15, 0.2) is 0 Å². The molecule has 2 aromatic rings. The van der Waals surface area contributed by atoms with Crippen LogP contribution in [0.2, 0.25) is 0 Å². The molecule has 8 nitrogen and oxygen atoms in total. The van der Waals surface area contributed by atoms with Gasteiger partial charge in [0.05, 0.1) is 36.9 Å². The minimum absolute atomic E-state index is 0.0338. The molecule has 1 atom stereocenters. The summed E-state index contributed by atoms with van der Waals surface area (Å²) in [6, 6.07) is 10.4. The van der Waals surface area contributed by atoms with E-state index in [4.69, 9.17) is 9.47 Å². The van der Waals surface area contributed by atoms with Crippen molar-refractivity contribution in [2.24, 2.45) is 5.10 Å². The number of rotatable bonds is 6. The molecule has 3 rings (SSSR count). The smallest absolute Gasteiger partial charge is 0.241 e. The predicted octanol–water partition coefficient (Wildman–Crippen LogP) is 2.36. The molecule has 0 aromatic heterocycles. The van der Waals surface area contributed by atoms with Gasteiger partial charge in [-0.15, -0.1) is 11.8 Å². The van der Waals surface area contributed by atoms with E-state index in [0.717, 1.165) is 10.6 Å². The maximum Gasteiger partial charge on any atom is 0.241 e. The Labute approximate surface area is 165 Å². The molecule has 0 saturated heterocycles. The van der Waals surface area contributed by atoms with E-state index >= 15 is 0 Å². The molecule has 0 fully saturated rings. The van der Waals surface area contributed by atoms with Crippen LogP contribution in [0, 0.1) is 0 Å². The summed E-state index contributed by atoms with van der Waals surface area (Å²) in [6.45, 7) is 0. The summed E-state index contributed by atoms with van der Waals surface area (Å²) in [4.78, 5) is 25.2. The van der Waals surface area contributed by atoms with Gasteiger partial charge in [-0.25, -0.2) is 5.43 Å². The minimum Gasteiger partial charge on any atom is -0.507 e. The number of thioether (sulfide) groups is 1. The van der Waals surface area contributed by atoms with Crippen LogP contribution in [-0.4, -0.2) is 42.6 Å². The third-order valence-corrected chi connectivity index (χ3v) is 5.28. The molecule has 0 spiro atoms. The van der Waals surface area contributed by atoms with Crippen LogP contribution in [0.25, 0.3) is 0 Å². The Kier molecular flexibility index (Phi) is 6.05. The minimum atomic E-state index is -0.547. The van der Waals surface area contributed by atoms with Gasteiger partial charge in [0.2, 0.25) is 11.8 Å². The van der Waals surface area contributed by atoms with Gasteiger partial charge in [0, 0.05) is 23.4 Å². The quantitative estimate of drug-likeness (QED) is 0.506. The second kappa shape index (κ2) is 8.66. The number of nitrogens with zero attached hydrogens (tertiary/aromatic N) is 1. The summed E-state index contributed by atoms with van der Waals surface area (Å²) < 4.78 is 10.3. The van der Waals surface area contributed by atoms with Gasteiger partial charge in [-0.1, -0.05) is 12.1 Å². The summed E-state index contributed by atoms with van der Waals surface area (Å²) in [5, 5.41) is 16.2. The number of nitrogens with one attached hydrogen (secondary N) is 2. The third-order valence-electron chi connectivity index (χ3n) is 4.01. The number of carbonyl (C=O) groups is 2. The summed E-state index contributed by atoms with van der Waals surface area (Å²) in [7, 11) is 2.92. The average molecular weight is 401 g/mol. The highest BCUT2D eigenvalue weighted by Crippen LogP contribution is 2.36. The zero-order valence-electron chi connectivity index (χ0n) is 15.3. The maximum absolute atomic E-state index is 12.2. The van der Waals surface area contributed by atoms with E-state index in [1.165, 1.54) is 38.3 Å². The van der Waals surface area contributed by atoms with Crippen molar-refractivity contribution in [1.82, 2.24) is 5.43 Å². The highest BCUT2D eigenvalue weighted by atomic mass is 32.2. The molecule has 0 bridgehead atoms. The number of ether oxygens (including phenoxy) is 2. The number of phenolic OH excluding ortho intramolecular Hbond substituents is 1. The Morgan fingerprint density at radius 2 is 2.11 bits per heavy atom. The molecule has 28 heavy (non-hydrogen) atoms. The van der Waals surface area contributed by atoms with Gasteiger partial charge in [-0.05, 0) is 12.1 Å². The molecule has 9 heteroatoms. The van der Waals surface area contributed by atoms with Gasteiger partial charge in [0.25, 0.3) is 0 Å². The fourth-order valence-corrected chi connectivity index (χ4v) is 3.72. The van der Waals surface area contributed by atoms with Crippen molar-refractivity contribution in [2.75, 3.05) is 19.5 Å². The van der Waals surface area contributed by atoms with Gasteiger partial charge in [-0.2, -0.15) is 5.10 Å². The first-order valence-electron chi connectivity index (χ1n) is 8.35. The first kappa shape index (κ1) is 19.6. The molecule has 146 valence electrons. The van der Waals surface area contributed by atoms with Crippen LogP contribution in [0.3, 0.4) is 0 Å². The van der Waals surface area contributed by atoms with E-state index in [0.29, 0.717) is 17.1 Å². The van der Waals surface area contributed by atoms with E-state index in [1.54, 1.807) is 6.07 Å². The number of phenols is 1. The van der Waals surface area contributed by atoms with Crippen LogP contribution in [0.1, 0.15) is 12.0 Å². The highest BCUT2D eigenvalue weighted by Gasteiger charge is 2.28. The van der Waals surface area contributed by atoms with Gasteiger partial charge in [-0.3, -0.25) is 9.59 Å². The van der Waals surface area contributed by atoms with Crippen molar-refractivity contribution in [2.45, 2.75) is 16.6 Å². The number of aromatic hydroxyl groups is 1. The summed E-state index contributed by atoms with van der Waals surface area (Å²) in [5.74, 6) is 0.0189. The van der Waals surface area contributed by atoms with Crippen molar-refractivity contribution in [3.63, 3.8) is 0 Å². The lowest BCUT2D eigenvalue weighted by Gasteiger charge is -2.23. The third kappa shape index (κ3) is 4.37. The first-order chi connectivity index (χ1) is 13.5. The normalized spacial score (nSPS) is 15.6. The summed E-state index contributed by atoms with van der Waals surface area (Å²) in [6.07, 6.45) is 1.24. The zero-order chi connectivity index (χ0) is 20.1. The Balaban J connectivity index is 1.63. The van der Waals surface area contributed by atoms with E-state index in [9.17, 15) is 14.7 Å². The molecule has 0 aliphatic carbocycles. The molecule has 3 N–H and O–H groups in total. The van der Waals surface area contributed by atoms with Crippen molar-refractivity contribution < 1.29 is 24.2 Å². The number of fused-ring (bicyclic) bond motifs is 1. The van der Waals surface area contributed by atoms with Crippen molar-refractivity contribution in [1.29, 1.82) is 0 Å². The molecule has 0 radical (unpaired) electrons. The standard InChI is InChI=1S/C19H19N3O5S/c1-26-11-7-14(23)12(15(8-11)27-2)10-20-22-18(24)9-17-19(25)21-13-5-3-4-6-16(13)28-17/h3-8,10,17,23H,9H2,1-2H3,(H,21,25)(H,22,24)/b20-10+. The predicted molar refractivity (Wildman–Crippen MR) is 106 cm³/mol.